The third-order valence-electron chi connectivity index (χ3n) is 5.18. The molecule has 0 fully saturated rings. The maximum Gasteiger partial charge on any atom is 0.387 e. The van der Waals surface area contributed by atoms with Crippen LogP contribution >= 0.6 is 0 Å². The molecule has 0 aliphatic carbocycles. The van der Waals surface area contributed by atoms with Gasteiger partial charge >= 0.3 is 6.61 Å². The summed E-state index contributed by atoms with van der Waals surface area (Å²) in [7, 11) is 1.88. The van der Waals surface area contributed by atoms with E-state index in [-0.39, 0.29) is 17.8 Å². The Bertz CT molecular complexity index is 848. The van der Waals surface area contributed by atoms with Crippen molar-refractivity contribution >= 4 is 17.3 Å². The lowest BCUT2D eigenvalue weighted by Crippen LogP contribution is -2.49. The highest BCUT2D eigenvalue weighted by Gasteiger charge is 2.28. The average Bonchev–Trinajstić information content (AvgIpc) is 2.73. The van der Waals surface area contributed by atoms with Gasteiger partial charge in [0, 0.05) is 18.8 Å². The number of anilines is 2. The number of nitrogens with zero attached hydrogens (tertiary/aromatic N) is 2. The minimum atomic E-state index is -2.88. The number of rotatable bonds is 8. The maximum absolute atomic E-state index is 12.6. The Morgan fingerprint density at radius 2 is 1.97 bits per heavy atom. The van der Waals surface area contributed by atoms with E-state index in [2.05, 4.69) is 21.9 Å². The molecule has 2 atom stereocenters. The van der Waals surface area contributed by atoms with Crippen molar-refractivity contribution in [3.05, 3.63) is 48.5 Å². The van der Waals surface area contributed by atoms with Gasteiger partial charge in [-0.3, -0.25) is 9.69 Å². The second-order valence-corrected chi connectivity index (χ2v) is 7.25. The molecular formula is C22H27F2N3O3. The summed E-state index contributed by atoms with van der Waals surface area (Å²) in [5, 5.41) is 2.80. The Balaban J connectivity index is 1.56. The van der Waals surface area contributed by atoms with Crippen molar-refractivity contribution in [2.45, 2.75) is 32.6 Å². The molecule has 6 nitrogen and oxygen atoms in total. The molecule has 3 rings (SSSR count). The number of alkyl halides is 2. The standard InChI is InChI=1S/C22H27F2N3O3/c1-4-27-14-18(29-20-8-6-5-7-19(20)27)13-26(3)15(2)21(28)25-16-9-11-17(12-10-16)30-22(23)24/h5-12,15,18,22H,4,13-14H2,1-3H3,(H,25,28)/t15-,18-/m1/s1. The molecular weight excluding hydrogens is 392 g/mol. The highest BCUT2D eigenvalue weighted by molar-refractivity contribution is 5.94. The first-order valence-corrected chi connectivity index (χ1v) is 9.94. The lowest BCUT2D eigenvalue weighted by atomic mass is 10.1. The number of hydrogen-bond acceptors (Lipinski definition) is 5. The van der Waals surface area contributed by atoms with Crippen LogP contribution in [0.3, 0.4) is 0 Å². The molecule has 1 aliphatic rings. The molecule has 0 bridgehead atoms. The molecule has 162 valence electrons. The van der Waals surface area contributed by atoms with Crippen LogP contribution < -0.4 is 19.7 Å². The van der Waals surface area contributed by atoms with Crippen molar-refractivity contribution in [2.75, 3.05) is 36.9 Å². The van der Waals surface area contributed by atoms with E-state index >= 15 is 0 Å². The smallest absolute Gasteiger partial charge is 0.387 e. The van der Waals surface area contributed by atoms with Gasteiger partial charge in [0.15, 0.2) is 0 Å². The van der Waals surface area contributed by atoms with Gasteiger partial charge in [-0.2, -0.15) is 8.78 Å². The molecule has 0 saturated heterocycles. The maximum atomic E-state index is 12.6. The Labute approximate surface area is 175 Å². The van der Waals surface area contributed by atoms with Gasteiger partial charge in [0.1, 0.15) is 17.6 Å². The fourth-order valence-corrected chi connectivity index (χ4v) is 3.42. The molecule has 1 aliphatic heterocycles. The molecule has 30 heavy (non-hydrogen) atoms. The number of halogens is 2. The summed E-state index contributed by atoms with van der Waals surface area (Å²) < 4.78 is 34.9. The first-order valence-electron chi connectivity index (χ1n) is 9.94. The van der Waals surface area contributed by atoms with E-state index in [0.717, 1.165) is 24.5 Å². The summed E-state index contributed by atoms with van der Waals surface area (Å²) >= 11 is 0. The van der Waals surface area contributed by atoms with Gasteiger partial charge in [-0.1, -0.05) is 12.1 Å². The van der Waals surface area contributed by atoms with Crippen molar-refractivity contribution in [1.29, 1.82) is 0 Å². The number of likely N-dealkylation sites (N-methyl/N-ethyl adjacent to an activating group) is 2. The second-order valence-electron chi connectivity index (χ2n) is 7.25. The monoisotopic (exact) mass is 419 g/mol. The molecule has 1 heterocycles. The van der Waals surface area contributed by atoms with Gasteiger partial charge in [0.25, 0.3) is 0 Å². The van der Waals surface area contributed by atoms with Crippen molar-refractivity contribution in [3.8, 4) is 11.5 Å². The first kappa shape index (κ1) is 21.8. The zero-order chi connectivity index (χ0) is 21.7. The van der Waals surface area contributed by atoms with Gasteiger partial charge < -0.3 is 19.7 Å². The molecule has 1 N–H and O–H groups in total. The number of nitrogens with one attached hydrogen (secondary N) is 1. The lowest BCUT2D eigenvalue weighted by Gasteiger charge is -2.38. The zero-order valence-corrected chi connectivity index (χ0v) is 17.3. The van der Waals surface area contributed by atoms with E-state index in [1.807, 2.05) is 43.1 Å². The van der Waals surface area contributed by atoms with Gasteiger partial charge in [-0.25, -0.2) is 0 Å². The van der Waals surface area contributed by atoms with Gasteiger partial charge in [-0.15, -0.1) is 0 Å². The summed E-state index contributed by atoms with van der Waals surface area (Å²) in [6.07, 6.45) is -0.0640. The van der Waals surface area contributed by atoms with E-state index in [1.165, 1.54) is 24.3 Å². The SMILES string of the molecule is CCN1C[C@@H](CN(C)[C@H](C)C(=O)Nc2ccc(OC(F)F)cc2)Oc2ccccc21. The van der Waals surface area contributed by atoms with Gasteiger partial charge in [-0.05, 0) is 57.3 Å². The molecule has 8 heteroatoms. The summed E-state index contributed by atoms with van der Waals surface area (Å²) in [4.78, 5) is 16.8. The highest BCUT2D eigenvalue weighted by atomic mass is 19.3. The van der Waals surface area contributed by atoms with Crippen molar-refractivity contribution in [1.82, 2.24) is 4.90 Å². The van der Waals surface area contributed by atoms with Gasteiger partial charge in [0.2, 0.25) is 5.91 Å². The Hall–Kier alpha value is -2.87. The number of ether oxygens (including phenoxy) is 2. The van der Waals surface area contributed by atoms with E-state index in [0.29, 0.717) is 12.2 Å². The molecule has 2 aromatic carbocycles. The van der Waals surface area contributed by atoms with Crippen molar-refractivity contribution in [3.63, 3.8) is 0 Å². The summed E-state index contributed by atoms with van der Waals surface area (Å²) in [6.45, 7) is 3.26. The number of carbonyl (C=O) groups is 1. The van der Waals surface area contributed by atoms with Crippen LogP contribution in [-0.4, -0.2) is 56.2 Å². The van der Waals surface area contributed by atoms with Crippen LogP contribution in [-0.2, 0) is 4.79 Å². The zero-order valence-electron chi connectivity index (χ0n) is 17.3. The van der Waals surface area contributed by atoms with Gasteiger partial charge in [0.05, 0.1) is 18.3 Å². The summed E-state index contributed by atoms with van der Waals surface area (Å²) in [6, 6.07) is 13.4. The third kappa shape index (κ3) is 5.38. The molecule has 0 unspecified atom stereocenters. The highest BCUT2D eigenvalue weighted by Crippen LogP contribution is 2.33. The largest absolute Gasteiger partial charge is 0.485 e. The van der Waals surface area contributed by atoms with Crippen molar-refractivity contribution < 1.29 is 23.0 Å². The fourth-order valence-electron chi connectivity index (χ4n) is 3.42. The van der Waals surface area contributed by atoms with E-state index in [4.69, 9.17) is 4.74 Å². The predicted octanol–water partition coefficient (Wildman–Crippen LogP) is 3.83. The van der Waals surface area contributed by atoms with Crippen LogP contribution in [0.15, 0.2) is 48.5 Å². The normalized spacial score (nSPS) is 16.8. The number of benzene rings is 2. The molecule has 2 aromatic rings. The van der Waals surface area contributed by atoms with Crippen LogP contribution in [0.25, 0.3) is 0 Å². The molecule has 1 amide bonds. The lowest BCUT2D eigenvalue weighted by molar-refractivity contribution is -0.120. The van der Waals surface area contributed by atoms with E-state index in [1.54, 1.807) is 0 Å². The minimum absolute atomic E-state index is 0.0448. The Morgan fingerprint density at radius 1 is 1.27 bits per heavy atom. The third-order valence-corrected chi connectivity index (χ3v) is 5.18. The number of hydrogen-bond donors (Lipinski definition) is 1. The van der Waals surface area contributed by atoms with Crippen LogP contribution in [0.5, 0.6) is 11.5 Å². The average molecular weight is 419 g/mol. The predicted molar refractivity (Wildman–Crippen MR) is 113 cm³/mol. The second kappa shape index (κ2) is 9.75. The van der Waals surface area contributed by atoms with E-state index in [9.17, 15) is 13.6 Å². The van der Waals surface area contributed by atoms with Crippen LogP contribution in [0.1, 0.15) is 13.8 Å². The Kier molecular flexibility index (Phi) is 7.10. The Morgan fingerprint density at radius 3 is 2.63 bits per heavy atom. The number of carbonyl (C=O) groups excluding carboxylic acids is 1. The van der Waals surface area contributed by atoms with Crippen molar-refractivity contribution in [2.24, 2.45) is 0 Å². The molecule has 0 aromatic heterocycles. The number of amides is 1. The van der Waals surface area contributed by atoms with Crippen LogP contribution in [0, 0.1) is 0 Å². The van der Waals surface area contributed by atoms with E-state index < -0.39 is 12.7 Å². The minimum Gasteiger partial charge on any atom is -0.485 e. The topological polar surface area (TPSA) is 54.0 Å². The summed E-state index contributed by atoms with van der Waals surface area (Å²) in [5.74, 6) is 0.708. The first-order chi connectivity index (χ1) is 14.4. The van der Waals surface area contributed by atoms with Crippen LogP contribution in [0.2, 0.25) is 0 Å². The molecule has 0 saturated carbocycles. The number of para-hydroxylation sites is 2. The summed E-state index contributed by atoms with van der Waals surface area (Å²) in [5.41, 5.74) is 1.60. The number of fused-ring (bicyclic) bond motifs is 1. The fraction of sp³-hybridized carbons (Fsp3) is 0.409. The van der Waals surface area contributed by atoms with Crippen LogP contribution in [0.4, 0.5) is 20.2 Å². The molecule has 0 radical (unpaired) electrons. The molecule has 0 spiro atoms. The quantitative estimate of drug-likeness (QED) is 0.705.